The van der Waals surface area contributed by atoms with E-state index in [1.165, 1.54) is 0 Å². The molecule has 1 N–H and O–H groups in total. The van der Waals surface area contributed by atoms with Crippen LogP contribution in [0.25, 0.3) is 17.0 Å². The fourth-order valence-corrected chi connectivity index (χ4v) is 4.01. The molecule has 4 aromatic rings. The summed E-state index contributed by atoms with van der Waals surface area (Å²) in [5, 5.41) is 18.7. The van der Waals surface area contributed by atoms with Crippen LogP contribution in [0.3, 0.4) is 0 Å². The summed E-state index contributed by atoms with van der Waals surface area (Å²) in [5.74, 6) is 1.37. The van der Waals surface area contributed by atoms with Crippen molar-refractivity contribution in [3.63, 3.8) is 0 Å². The van der Waals surface area contributed by atoms with Gasteiger partial charge in [0, 0.05) is 25.2 Å². The zero-order valence-corrected chi connectivity index (χ0v) is 14.7. The molecule has 0 radical (unpaired) electrons. The van der Waals surface area contributed by atoms with Crippen molar-refractivity contribution in [1.29, 1.82) is 0 Å². The highest BCUT2D eigenvalue weighted by Crippen LogP contribution is 2.29. The van der Waals surface area contributed by atoms with E-state index in [4.69, 9.17) is 4.98 Å². The van der Waals surface area contributed by atoms with E-state index in [2.05, 4.69) is 31.2 Å². The minimum atomic E-state index is 0.639. The van der Waals surface area contributed by atoms with Crippen molar-refractivity contribution in [1.82, 2.24) is 34.7 Å². The van der Waals surface area contributed by atoms with Crippen LogP contribution in [0.2, 0.25) is 0 Å². The van der Waals surface area contributed by atoms with E-state index < -0.39 is 0 Å². The molecule has 0 fully saturated rings. The first-order valence-electron chi connectivity index (χ1n) is 7.21. The van der Waals surface area contributed by atoms with Crippen molar-refractivity contribution in [3.8, 4) is 5.95 Å². The van der Waals surface area contributed by atoms with Crippen LogP contribution in [0.1, 0.15) is 5.69 Å². The number of nitrogens with one attached hydrogen (secondary N) is 1. The maximum Gasteiger partial charge on any atom is 0.256 e. The Kier molecular flexibility index (Phi) is 3.90. The zero-order chi connectivity index (χ0) is 16.5. The fraction of sp³-hybridized carbons (Fsp3) is 0.214. The Morgan fingerprint density at radius 3 is 2.88 bits per heavy atom. The number of anilines is 1. The molecule has 4 rings (SSSR count). The molecule has 24 heavy (non-hydrogen) atoms. The third kappa shape index (κ3) is 2.63. The summed E-state index contributed by atoms with van der Waals surface area (Å²) in [7, 11) is 3.69. The second kappa shape index (κ2) is 6.21. The summed E-state index contributed by atoms with van der Waals surface area (Å²) < 4.78 is 3.62. The first kappa shape index (κ1) is 15.1. The Morgan fingerprint density at radius 2 is 2.12 bits per heavy atom. The summed E-state index contributed by atoms with van der Waals surface area (Å²) in [6, 6.07) is 7.96. The SMILES string of the molecule is CNc1nc(CSc2nc3ccccc3n2-c2nnnn2C)cs1. The van der Waals surface area contributed by atoms with Gasteiger partial charge in [-0.15, -0.1) is 11.3 Å². The lowest BCUT2D eigenvalue weighted by Crippen LogP contribution is -2.05. The normalized spacial score (nSPS) is 11.2. The number of tetrazole rings is 1. The summed E-state index contributed by atoms with van der Waals surface area (Å²) in [5.41, 5.74) is 2.91. The predicted molar refractivity (Wildman–Crippen MR) is 94.6 cm³/mol. The molecule has 3 aromatic heterocycles. The zero-order valence-electron chi connectivity index (χ0n) is 13.0. The highest BCUT2D eigenvalue weighted by Gasteiger charge is 2.17. The second-order valence-corrected chi connectivity index (χ2v) is 6.80. The number of aromatic nitrogens is 7. The molecule has 0 aliphatic rings. The average molecular weight is 358 g/mol. The van der Waals surface area contributed by atoms with Gasteiger partial charge in [0.15, 0.2) is 10.3 Å². The summed E-state index contributed by atoms with van der Waals surface area (Å²) in [4.78, 5) is 9.24. The van der Waals surface area contributed by atoms with Crippen LogP contribution in [0, 0.1) is 0 Å². The Bertz CT molecular complexity index is 986. The number of imidazole rings is 1. The van der Waals surface area contributed by atoms with Gasteiger partial charge >= 0.3 is 0 Å². The van der Waals surface area contributed by atoms with Crippen LogP contribution < -0.4 is 5.32 Å². The van der Waals surface area contributed by atoms with Crippen LogP contribution in [-0.2, 0) is 12.8 Å². The topological polar surface area (TPSA) is 86.3 Å². The van der Waals surface area contributed by atoms with E-state index in [0.29, 0.717) is 5.95 Å². The molecule has 0 aliphatic carbocycles. The number of thioether (sulfide) groups is 1. The van der Waals surface area contributed by atoms with Crippen molar-refractivity contribution in [3.05, 3.63) is 35.3 Å². The number of para-hydroxylation sites is 2. The van der Waals surface area contributed by atoms with Crippen LogP contribution in [-0.4, -0.2) is 41.8 Å². The van der Waals surface area contributed by atoms with Gasteiger partial charge in [0.2, 0.25) is 0 Å². The highest BCUT2D eigenvalue weighted by molar-refractivity contribution is 7.98. The molecule has 122 valence electrons. The van der Waals surface area contributed by atoms with Gasteiger partial charge < -0.3 is 5.32 Å². The lowest BCUT2D eigenvalue weighted by Gasteiger charge is -2.05. The highest BCUT2D eigenvalue weighted by atomic mass is 32.2. The molecule has 0 spiro atoms. The van der Waals surface area contributed by atoms with E-state index in [1.54, 1.807) is 27.8 Å². The molecule has 0 saturated carbocycles. The lowest BCUT2D eigenvalue weighted by molar-refractivity contribution is 0.682. The summed E-state index contributed by atoms with van der Waals surface area (Å²) in [6.45, 7) is 0. The molecule has 0 aliphatic heterocycles. The largest absolute Gasteiger partial charge is 0.365 e. The first-order chi connectivity index (χ1) is 11.8. The Hall–Kier alpha value is -2.46. The Morgan fingerprint density at radius 1 is 1.25 bits per heavy atom. The number of aryl methyl sites for hydroxylation is 1. The summed E-state index contributed by atoms with van der Waals surface area (Å²) in [6.07, 6.45) is 0. The number of rotatable bonds is 5. The standard InChI is InChI=1S/C14H14N8S2/c1-15-12-16-9(7-23-12)8-24-14-17-10-5-3-4-6-11(10)22(14)13-18-19-20-21(13)2/h3-7H,8H2,1-2H3,(H,15,16). The third-order valence-electron chi connectivity index (χ3n) is 3.44. The number of fused-ring (bicyclic) bond motifs is 1. The van der Waals surface area contributed by atoms with Gasteiger partial charge in [-0.2, -0.15) is 0 Å². The first-order valence-corrected chi connectivity index (χ1v) is 9.08. The van der Waals surface area contributed by atoms with E-state index >= 15 is 0 Å². The minimum absolute atomic E-state index is 0.639. The molecule has 0 atom stereocenters. The fourth-order valence-electron chi connectivity index (χ4n) is 2.33. The van der Waals surface area contributed by atoms with Crippen LogP contribution in [0.5, 0.6) is 0 Å². The van der Waals surface area contributed by atoms with E-state index in [1.807, 2.05) is 42.9 Å². The van der Waals surface area contributed by atoms with Gasteiger partial charge in [-0.05, 0) is 22.6 Å². The Labute approximate surface area is 145 Å². The predicted octanol–water partition coefficient (Wildman–Crippen LogP) is 2.34. The van der Waals surface area contributed by atoms with Crippen molar-refractivity contribution < 1.29 is 0 Å². The van der Waals surface area contributed by atoms with Crippen molar-refractivity contribution in [2.75, 3.05) is 12.4 Å². The van der Waals surface area contributed by atoms with E-state index in [-0.39, 0.29) is 0 Å². The summed E-state index contributed by atoms with van der Waals surface area (Å²) >= 11 is 3.21. The minimum Gasteiger partial charge on any atom is -0.365 e. The van der Waals surface area contributed by atoms with Gasteiger partial charge in [-0.25, -0.2) is 14.6 Å². The molecule has 0 amide bonds. The van der Waals surface area contributed by atoms with Crippen LogP contribution >= 0.6 is 23.1 Å². The van der Waals surface area contributed by atoms with E-state index in [9.17, 15) is 0 Å². The second-order valence-electron chi connectivity index (χ2n) is 5.00. The molecule has 0 saturated heterocycles. The number of thiazole rings is 1. The van der Waals surface area contributed by atoms with Gasteiger partial charge in [0.05, 0.1) is 16.7 Å². The van der Waals surface area contributed by atoms with Crippen molar-refractivity contribution in [2.24, 2.45) is 7.05 Å². The van der Waals surface area contributed by atoms with Gasteiger partial charge in [-0.1, -0.05) is 29.0 Å². The molecular formula is C14H14N8S2. The van der Waals surface area contributed by atoms with Crippen LogP contribution in [0.15, 0.2) is 34.8 Å². The average Bonchev–Trinajstić information content (AvgIpc) is 3.30. The maximum atomic E-state index is 4.73. The lowest BCUT2D eigenvalue weighted by atomic mass is 10.3. The monoisotopic (exact) mass is 358 g/mol. The Balaban J connectivity index is 1.73. The smallest absolute Gasteiger partial charge is 0.256 e. The van der Waals surface area contributed by atoms with Crippen molar-refractivity contribution in [2.45, 2.75) is 10.9 Å². The quantitative estimate of drug-likeness (QED) is 0.548. The van der Waals surface area contributed by atoms with Gasteiger partial charge in [0.1, 0.15) is 0 Å². The number of nitrogens with zero attached hydrogens (tertiary/aromatic N) is 7. The molecule has 0 unspecified atom stereocenters. The maximum absolute atomic E-state index is 4.73. The molecule has 1 aromatic carbocycles. The van der Waals surface area contributed by atoms with E-state index in [0.717, 1.165) is 32.8 Å². The molecule has 10 heteroatoms. The third-order valence-corrected chi connectivity index (χ3v) is 5.32. The van der Waals surface area contributed by atoms with Crippen LogP contribution in [0.4, 0.5) is 5.13 Å². The van der Waals surface area contributed by atoms with Crippen molar-refractivity contribution >= 4 is 39.3 Å². The number of hydrogen-bond acceptors (Lipinski definition) is 8. The molecular weight excluding hydrogens is 344 g/mol. The van der Waals surface area contributed by atoms with Gasteiger partial charge in [-0.3, -0.25) is 4.57 Å². The molecule has 8 nitrogen and oxygen atoms in total. The number of hydrogen-bond donors (Lipinski definition) is 1. The number of benzene rings is 1. The molecule has 3 heterocycles. The van der Waals surface area contributed by atoms with Gasteiger partial charge in [0.25, 0.3) is 5.95 Å². The molecule has 0 bridgehead atoms.